The molecule has 6 nitrogen and oxygen atoms in total. The first-order chi connectivity index (χ1) is 13.6. The first-order valence-electron chi connectivity index (χ1n) is 8.69. The number of nitriles is 1. The standard InChI is InChI=1S/C19H16F4N4O2/c1-12-11-25(8-9-26(12)14-3-5-15(6-4-14)27(28)29)16-7-2-13(10-24)17(18(16)20)19(21,22)23/h2-7,12H,8-9,11H2,1H3/t12-/m0/s1. The number of hydrogen-bond acceptors (Lipinski definition) is 5. The smallest absolute Gasteiger partial charge is 0.365 e. The van der Waals surface area contributed by atoms with Crippen LogP contribution in [0.15, 0.2) is 36.4 Å². The topological polar surface area (TPSA) is 73.4 Å². The summed E-state index contributed by atoms with van der Waals surface area (Å²) in [5.41, 5.74) is -1.82. The SMILES string of the molecule is C[C@H]1CN(c2ccc(C#N)c(C(F)(F)F)c2F)CCN1c1ccc([N+](=O)[O-])cc1. The van der Waals surface area contributed by atoms with Crippen molar-refractivity contribution in [1.29, 1.82) is 5.26 Å². The van der Waals surface area contributed by atoms with Gasteiger partial charge in [-0.25, -0.2) is 4.39 Å². The van der Waals surface area contributed by atoms with E-state index in [9.17, 15) is 27.7 Å². The van der Waals surface area contributed by atoms with Crippen molar-refractivity contribution in [2.45, 2.75) is 19.1 Å². The van der Waals surface area contributed by atoms with Crippen molar-refractivity contribution in [1.82, 2.24) is 0 Å². The maximum Gasteiger partial charge on any atom is 0.420 e. The van der Waals surface area contributed by atoms with Gasteiger partial charge in [-0.05, 0) is 31.2 Å². The third kappa shape index (κ3) is 3.94. The molecule has 0 N–H and O–H groups in total. The molecule has 2 aromatic carbocycles. The van der Waals surface area contributed by atoms with Gasteiger partial charge in [-0.2, -0.15) is 18.4 Å². The lowest BCUT2D eigenvalue weighted by molar-refractivity contribution is -0.384. The number of halogens is 4. The lowest BCUT2D eigenvalue weighted by Crippen LogP contribution is -2.52. The second kappa shape index (κ2) is 7.58. The zero-order chi connectivity index (χ0) is 21.3. The number of anilines is 2. The van der Waals surface area contributed by atoms with E-state index in [2.05, 4.69) is 0 Å². The molecule has 0 amide bonds. The van der Waals surface area contributed by atoms with Crippen molar-refractivity contribution in [2.75, 3.05) is 29.4 Å². The minimum atomic E-state index is -4.97. The summed E-state index contributed by atoms with van der Waals surface area (Å²) in [6.45, 7) is 2.72. The number of piperazine rings is 1. The average Bonchev–Trinajstić information content (AvgIpc) is 2.66. The molecule has 1 atom stereocenters. The highest BCUT2D eigenvalue weighted by Gasteiger charge is 2.39. The Morgan fingerprint density at radius 3 is 2.34 bits per heavy atom. The molecule has 3 rings (SSSR count). The largest absolute Gasteiger partial charge is 0.420 e. The van der Waals surface area contributed by atoms with E-state index in [1.54, 1.807) is 12.1 Å². The predicted octanol–water partition coefficient (Wildman–Crippen LogP) is 4.34. The molecule has 10 heteroatoms. The lowest BCUT2D eigenvalue weighted by atomic mass is 10.0. The molecule has 0 radical (unpaired) electrons. The van der Waals surface area contributed by atoms with Crippen molar-refractivity contribution in [3.8, 4) is 6.07 Å². The minimum absolute atomic E-state index is 0.0422. The van der Waals surface area contributed by atoms with Crippen LogP contribution in [-0.4, -0.2) is 30.6 Å². The van der Waals surface area contributed by atoms with Gasteiger partial charge >= 0.3 is 6.18 Å². The van der Waals surface area contributed by atoms with E-state index in [0.29, 0.717) is 6.54 Å². The van der Waals surface area contributed by atoms with Crippen LogP contribution in [0.25, 0.3) is 0 Å². The van der Waals surface area contributed by atoms with Gasteiger partial charge in [0.25, 0.3) is 5.69 Å². The summed E-state index contributed by atoms with van der Waals surface area (Å²) in [4.78, 5) is 13.7. The van der Waals surface area contributed by atoms with Gasteiger partial charge in [0.1, 0.15) is 5.56 Å². The molecule has 0 saturated carbocycles. The Bertz CT molecular complexity index is 970. The Hall–Kier alpha value is -3.35. The summed E-state index contributed by atoms with van der Waals surface area (Å²) in [6.07, 6.45) is -4.97. The molecule has 2 aromatic rings. The van der Waals surface area contributed by atoms with Gasteiger partial charge in [0.2, 0.25) is 0 Å². The van der Waals surface area contributed by atoms with E-state index in [1.807, 2.05) is 11.8 Å². The molecule has 1 saturated heterocycles. The molecule has 1 aliphatic heterocycles. The molecule has 0 spiro atoms. The van der Waals surface area contributed by atoms with Crippen molar-refractivity contribution in [3.63, 3.8) is 0 Å². The summed E-state index contributed by atoms with van der Waals surface area (Å²) >= 11 is 0. The fraction of sp³-hybridized carbons (Fsp3) is 0.316. The molecule has 0 aromatic heterocycles. The number of rotatable bonds is 3. The van der Waals surface area contributed by atoms with Crippen LogP contribution in [0.5, 0.6) is 0 Å². The number of nitrogens with zero attached hydrogens (tertiary/aromatic N) is 4. The van der Waals surface area contributed by atoms with Gasteiger partial charge in [0.05, 0.1) is 22.2 Å². The van der Waals surface area contributed by atoms with Gasteiger partial charge in [-0.1, -0.05) is 0 Å². The highest BCUT2D eigenvalue weighted by atomic mass is 19.4. The predicted molar refractivity (Wildman–Crippen MR) is 98.2 cm³/mol. The van der Waals surface area contributed by atoms with Crippen LogP contribution in [0.2, 0.25) is 0 Å². The van der Waals surface area contributed by atoms with Gasteiger partial charge in [0.15, 0.2) is 5.82 Å². The zero-order valence-corrected chi connectivity index (χ0v) is 15.3. The van der Waals surface area contributed by atoms with Crippen molar-refractivity contribution in [2.24, 2.45) is 0 Å². The average molecular weight is 408 g/mol. The van der Waals surface area contributed by atoms with Gasteiger partial charge in [-0.3, -0.25) is 10.1 Å². The number of non-ortho nitro benzene ring substituents is 1. The van der Waals surface area contributed by atoms with Crippen molar-refractivity contribution in [3.05, 3.63) is 63.5 Å². The zero-order valence-electron chi connectivity index (χ0n) is 15.3. The summed E-state index contributed by atoms with van der Waals surface area (Å²) in [7, 11) is 0. The highest BCUT2D eigenvalue weighted by Crippen LogP contribution is 2.38. The fourth-order valence-corrected chi connectivity index (χ4v) is 3.51. The van der Waals surface area contributed by atoms with Crippen LogP contribution in [0.4, 0.5) is 34.6 Å². The van der Waals surface area contributed by atoms with E-state index in [-0.39, 0.29) is 30.5 Å². The molecule has 152 valence electrons. The Labute approximate surface area is 163 Å². The molecule has 1 heterocycles. The summed E-state index contributed by atoms with van der Waals surface area (Å²) < 4.78 is 54.4. The third-order valence-corrected chi connectivity index (χ3v) is 4.89. The molecule has 29 heavy (non-hydrogen) atoms. The van der Waals surface area contributed by atoms with Crippen LogP contribution in [-0.2, 0) is 6.18 Å². The second-order valence-electron chi connectivity index (χ2n) is 6.69. The highest BCUT2D eigenvalue weighted by molar-refractivity contribution is 5.59. The minimum Gasteiger partial charge on any atom is -0.365 e. The van der Waals surface area contributed by atoms with Gasteiger partial charge in [-0.15, -0.1) is 0 Å². The summed E-state index contributed by atoms with van der Waals surface area (Å²) in [6, 6.07) is 9.34. The third-order valence-electron chi connectivity index (χ3n) is 4.89. The normalized spacial score (nSPS) is 17.2. The monoisotopic (exact) mass is 408 g/mol. The molecular weight excluding hydrogens is 392 g/mol. The van der Waals surface area contributed by atoms with E-state index in [0.717, 1.165) is 11.8 Å². The van der Waals surface area contributed by atoms with Crippen LogP contribution in [0.3, 0.4) is 0 Å². The van der Waals surface area contributed by atoms with Gasteiger partial charge < -0.3 is 9.80 Å². The molecule has 0 unspecified atom stereocenters. The Morgan fingerprint density at radius 1 is 1.17 bits per heavy atom. The Morgan fingerprint density at radius 2 is 1.83 bits per heavy atom. The molecule has 1 fully saturated rings. The van der Waals surface area contributed by atoms with Gasteiger partial charge in [0, 0.05) is 43.5 Å². The van der Waals surface area contributed by atoms with E-state index in [1.165, 1.54) is 29.2 Å². The first-order valence-corrected chi connectivity index (χ1v) is 8.69. The fourth-order valence-electron chi connectivity index (χ4n) is 3.51. The number of nitro groups is 1. The number of alkyl halides is 3. The summed E-state index contributed by atoms with van der Waals surface area (Å²) in [5.74, 6) is -1.45. The van der Waals surface area contributed by atoms with Crippen LogP contribution < -0.4 is 9.80 Å². The van der Waals surface area contributed by atoms with Crippen LogP contribution in [0, 0.1) is 27.3 Å². The molecular formula is C19H16F4N4O2. The van der Waals surface area contributed by atoms with E-state index in [4.69, 9.17) is 5.26 Å². The Kier molecular flexibility index (Phi) is 5.33. The first kappa shape index (κ1) is 20.4. The Balaban J connectivity index is 1.84. The quantitative estimate of drug-likeness (QED) is 0.429. The molecule has 0 bridgehead atoms. The van der Waals surface area contributed by atoms with Crippen LogP contribution >= 0.6 is 0 Å². The van der Waals surface area contributed by atoms with E-state index >= 15 is 0 Å². The molecule has 0 aliphatic carbocycles. The number of nitro benzene ring substituents is 1. The second-order valence-corrected chi connectivity index (χ2v) is 6.69. The number of hydrogen-bond donors (Lipinski definition) is 0. The maximum atomic E-state index is 14.7. The molecule has 1 aliphatic rings. The summed E-state index contributed by atoms with van der Waals surface area (Å²) in [5, 5.41) is 19.7. The lowest BCUT2D eigenvalue weighted by Gasteiger charge is -2.42. The number of benzene rings is 2. The maximum absolute atomic E-state index is 14.7. The van der Waals surface area contributed by atoms with E-state index < -0.39 is 28.0 Å². The van der Waals surface area contributed by atoms with Crippen molar-refractivity contribution >= 4 is 17.1 Å². The van der Waals surface area contributed by atoms with Crippen molar-refractivity contribution < 1.29 is 22.5 Å². The van der Waals surface area contributed by atoms with Crippen LogP contribution in [0.1, 0.15) is 18.1 Å².